The molecule has 1 N–H and O–H groups in total. The number of aromatic nitrogens is 2. The Balaban J connectivity index is 1.25. The third-order valence-corrected chi connectivity index (χ3v) is 4.86. The zero-order valence-electron chi connectivity index (χ0n) is 14.6. The van der Waals surface area contributed by atoms with Gasteiger partial charge in [0.25, 0.3) is 0 Å². The Morgan fingerprint density at radius 2 is 1.77 bits per heavy atom. The standard InChI is InChI=1S/C19H22FN5O/c20-15-3-5-16(6-4-15)21-19(26)13-24-9-11-25(12-10-24)18-8-7-17(22-23-18)14-1-2-14/h3-8,14H,1-2,9-13H2,(H,21,26). The van der Waals surface area contributed by atoms with Crippen LogP contribution in [0.25, 0.3) is 0 Å². The van der Waals surface area contributed by atoms with Crippen molar-refractivity contribution in [3.05, 3.63) is 47.9 Å². The van der Waals surface area contributed by atoms with E-state index in [1.807, 2.05) is 0 Å². The van der Waals surface area contributed by atoms with Gasteiger partial charge in [-0.25, -0.2) is 4.39 Å². The highest BCUT2D eigenvalue weighted by Crippen LogP contribution is 2.38. The summed E-state index contributed by atoms with van der Waals surface area (Å²) in [7, 11) is 0. The van der Waals surface area contributed by atoms with Crippen LogP contribution in [-0.2, 0) is 4.79 Å². The van der Waals surface area contributed by atoms with Crippen LogP contribution in [0.1, 0.15) is 24.5 Å². The summed E-state index contributed by atoms with van der Waals surface area (Å²) in [6.07, 6.45) is 2.46. The Morgan fingerprint density at radius 3 is 2.38 bits per heavy atom. The van der Waals surface area contributed by atoms with Crippen LogP contribution in [0.4, 0.5) is 15.9 Å². The van der Waals surface area contributed by atoms with Gasteiger partial charge in [-0.05, 0) is 49.2 Å². The lowest BCUT2D eigenvalue weighted by atomic mass is 10.2. The van der Waals surface area contributed by atoms with Gasteiger partial charge in [0.05, 0.1) is 12.2 Å². The number of halogens is 1. The molecular formula is C19H22FN5O. The van der Waals surface area contributed by atoms with Gasteiger partial charge in [-0.3, -0.25) is 9.69 Å². The number of anilines is 2. The first-order valence-corrected chi connectivity index (χ1v) is 9.04. The van der Waals surface area contributed by atoms with Gasteiger partial charge >= 0.3 is 0 Å². The molecule has 2 aromatic rings. The minimum atomic E-state index is -0.313. The van der Waals surface area contributed by atoms with E-state index in [1.54, 1.807) is 12.1 Å². The van der Waals surface area contributed by atoms with Crippen LogP contribution in [0.5, 0.6) is 0 Å². The minimum absolute atomic E-state index is 0.0846. The number of hydrogen-bond acceptors (Lipinski definition) is 5. The summed E-state index contributed by atoms with van der Waals surface area (Å²) in [5.74, 6) is 1.13. The van der Waals surface area contributed by atoms with E-state index >= 15 is 0 Å². The average molecular weight is 355 g/mol. The van der Waals surface area contributed by atoms with Crippen molar-refractivity contribution in [2.75, 3.05) is 42.9 Å². The molecule has 1 aliphatic heterocycles. The number of rotatable bonds is 5. The van der Waals surface area contributed by atoms with E-state index in [0.29, 0.717) is 18.2 Å². The van der Waals surface area contributed by atoms with E-state index in [9.17, 15) is 9.18 Å². The number of benzene rings is 1. The number of hydrogen-bond donors (Lipinski definition) is 1. The third-order valence-electron chi connectivity index (χ3n) is 4.86. The lowest BCUT2D eigenvalue weighted by Gasteiger charge is -2.34. The van der Waals surface area contributed by atoms with Gasteiger partial charge in [0.15, 0.2) is 5.82 Å². The van der Waals surface area contributed by atoms with E-state index in [-0.39, 0.29) is 11.7 Å². The molecule has 1 saturated heterocycles. The van der Waals surface area contributed by atoms with Gasteiger partial charge in [0.2, 0.25) is 5.91 Å². The second kappa shape index (κ2) is 7.37. The minimum Gasteiger partial charge on any atom is -0.353 e. The van der Waals surface area contributed by atoms with Crippen molar-refractivity contribution in [1.29, 1.82) is 0 Å². The monoisotopic (exact) mass is 355 g/mol. The van der Waals surface area contributed by atoms with Gasteiger partial charge in [-0.1, -0.05) is 0 Å². The maximum Gasteiger partial charge on any atom is 0.238 e. The molecule has 1 saturated carbocycles. The lowest BCUT2D eigenvalue weighted by Crippen LogP contribution is -2.49. The summed E-state index contributed by atoms with van der Waals surface area (Å²) in [5.41, 5.74) is 1.71. The van der Waals surface area contributed by atoms with E-state index < -0.39 is 0 Å². The summed E-state index contributed by atoms with van der Waals surface area (Å²) in [4.78, 5) is 16.5. The maximum atomic E-state index is 12.9. The molecule has 0 spiro atoms. The van der Waals surface area contributed by atoms with Gasteiger partial charge in [0, 0.05) is 37.8 Å². The summed E-state index contributed by atoms with van der Waals surface area (Å²) >= 11 is 0. The van der Waals surface area contributed by atoms with Gasteiger partial charge in [-0.15, -0.1) is 5.10 Å². The largest absolute Gasteiger partial charge is 0.353 e. The normalized spacial score (nSPS) is 18.0. The van der Waals surface area contributed by atoms with Gasteiger partial charge in [0.1, 0.15) is 5.82 Å². The number of nitrogens with one attached hydrogen (secondary N) is 1. The SMILES string of the molecule is O=C(CN1CCN(c2ccc(C3CC3)nn2)CC1)Nc1ccc(F)cc1. The zero-order valence-corrected chi connectivity index (χ0v) is 14.6. The number of carbonyl (C=O) groups excluding carboxylic acids is 1. The van der Waals surface area contributed by atoms with E-state index in [0.717, 1.165) is 37.7 Å². The highest BCUT2D eigenvalue weighted by atomic mass is 19.1. The van der Waals surface area contributed by atoms with Crippen molar-refractivity contribution in [2.24, 2.45) is 0 Å². The number of carbonyl (C=O) groups is 1. The highest BCUT2D eigenvalue weighted by Gasteiger charge is 2.26. The molecule has 7 heteroatoms. The van der Waals surface area contributed by atoms with E-state index in [1.165, 1.54) is 25.0 Å². The van der Waals surface area contributed by atoms with Crippen LogP contribution in [0.2, 0.25) is 0 Å². The summed E-state index contributed by atoms with van der Waals surface area (Å²) in [6.45, 7) is 3.56. The molecule has 2 heterocycles. The molecule has 0 radical (unpaired) electrons. The molecule has 0 unspecified atom stereocenters. The second-order valence-corrected chi connectivity index (χ2v) is 6.91. The van der Waals surface area contributed by atoms with Gasteiger partial charge in [-0.2, -0.15) is 5.10 Å². The highest BCUT2D eigenvalue weighted by molar-refractivity contribution is 5.92. The Hall–Kier alpha value is -2.54. The first-order chi connectivity index (χ1) is 12.7. The summed E-state index contributed by atoms with van der Waals surface area (Å²) < 4.78 is 12.9. The van der Waals surface area contributed by atoms with Crippen molar-refractivity contribution < 1.29 is 9.18 Å². The Morgan fingerprint density at radius 1 is 1.04 bits per heavy atom. The van der Waals surface area contributed by atoms with E-state index in [2.05, 4.69) is 37.4 Å². The average Bonchev–Trinajstić information content (AvgIpc) is 3.50. The molecule has 2 aliphatic rings. The van der Waals surface area contributed by atoms with Crippen LogP contribution >= 0.6 is 0 Å². The molecule has 0 atom stereocenters. The van der Waals surface area contributed by atoms with Crippen molar-refractivity contribution in [3.63, 3.8) is 0 Å². The first kappa shape index (κ1) is 16.9. The first-order valence-electron chi connectivity index (χ1n) is 9.04. The topological polar surface area (TPSA) is 61.4 Å². The fraction of sp³-hybridized carbons (Fsp3) is 0.421. The Labute approximate surface area is 152 Å². The van der Waals surface area contributed by atoms with Gasteiger partial charge < -0.3 is 10.2 Å². The smallest absolute Gasteiger partial charge is 0.238 e. The molecule has 2 fully saturated rings. The molecule has 0 bridgehead atoms. The Bertz CT molecular complexity index is 753. The summed E-state index contributed by atoms with van der Waals surface area (Å²) in [5, 5.41) is 11.5. The predicted molar refractivity (Wildman–Crippen MR) is 97.7 cm³/mol. The van der Waals surface area contributed by atoms with E-state index in [4.69, 9.17) is 0 Å². The number of piperazine rings is 1. The molecule has 1 aromatic carbocycles. The third kappa shape index (κ3) is 4.16. The van der Waals surface area contributed by atoms with Crippen LogP contribution in [0, 0.1) is 5.82 Å². The fourth-order valence-electron chi connectivity index (χ4n) is 3.17. The second-order valence-electron chi connectivity index (χ2n) is 6.91. The van der Waals surface area contributed by atoms with Crippen LogP contribution in [0.15, 0.2) is 36.4 Å². The van der Waals surface area contributed by atoms with Crippen molar-refractivity contribution in [3.8, 4) is 0 Å². The Kier molecular flexibility index (Phi) is 4.79. The molecule has 4 rings (SSSR count). The maximum absolute atomic E-state index is 12.9. The fourth-order valence-corrected chi connectivity index (χ4v) is 3.17. The molecule has 1 aromatic heterocycles. The van der Waals surface area contributed by atoms with Crippen LogP contribution < -0.4 is 10.2 Å². The molecule has 1 aliphatic carbocycles. The lowest BCUT2D eigenvalue weighted by molar-refractivity contribution is -0.117. The molecule has 136 valence electrons. The van der Waals surface area contributed by atoms with Crippen molar-refractivity contribution >= 4 is 17.4 Å². The predicted octanol–water partition coefficient (Wildman–Crippen LogP) is 2.25. The number of nitrogens with zero attached hydrogens (tertiary/aromatic N) is 4. The summed E-state index contributed by atoms with van der Waals surface area (Å²) in [6, 6.07) is 9.94. The molecule has 1 amide bonds. The quantitative estimate of drug-likeness (QED) is 0.891. The van der Waals surface area contributed by atoms with Crippen LogP contribution in [0.3, 0.4) is 0 Å². The number of amides is 1. The van der Waals surface area contributed by atoms with Crippen molar-refractivity contribution in [1.82, 2.24) is 15.1 Å². The molecule has 6 nitrogen and oxygen atoms in total. The van der Waals surface area contributed by atoms with Crippen molar-refractivity contribution in [2.45, 2.75) is 18.8 Å². The molecular weight excluding hydrogens is 333 g/mol. The zero-order chi connectivity index (χ0) is 17.9. The van der Waals surface area contributed by atoms with Crippen LogP contribution in [-0.4, -0.2) is 53.7 Å². The molecule has 26 heavy (non-hydrogen) atoms.